The maximum absolute atomic E-state index is 4.83. The van der Waals surface area contributed by atoms with E-state index in [0.29, 0.717) is 11.0 Å². The molecule has 0 aromatic heterocycles. The summed E-state index contributed by atoms with van der Waals surface area (Å²) in [5, 5.41) is 0.479. The van der Waals surface area contributed by atoms with E-state index < -0.39 is 0 Å². The van der Waals surface area contributed by atoms with Gasteiger partial charge in [-0.3, -0.25) is 0 Å². The number of hydrogen-bond acceptors (Lipinski definition) is 1. The van der Waals surface area contributed by atoms with E-state index in [0.717, 1.165) is 18.6 Å². The molecule has 11 heavy (non-hydrogen) atoms. The van der Waals surface area contributed by atoms with Crippen LogP contribution in [0.3, 0.4) is 0 Å². The van der Waals surface area contributed by atoms with Crippen molar-refractivity contribution >= 4 is 29.3 Å². The normalized spacial score (nSPS) is 16.3. The average molecular weight is 168 g/mol. The van der Waals surface area contributed by atoms with E-state index >= 15 is 0 Å². The Morgan fingerprint density at radius 1 is 1.45 bits per heavy atom. The fourth-order valence-electron chi connectivity index (χ4n) is 1.19. The van der Waals surface area contributed by atoms with Crippen LogP contribution in [0.5, 0.6) is 0 Å². The molecule has 0 atom stereocenters. The molecule has 0 saturated heterocycles. The summed E-state index contributed by atoms with van der Waals surface area (Å²) >= 11 is 4.83. The van der Waals surface area contributed by atoms with Crippen LogP contribution in [0.4, 0.5) is 0 Å². The van der Waals surface area contributed by atoms with Crippen LogP contribution >= 0.6 is 12.2 Å². The molecule has 1 rings (SSSR count). The SMILES string of the molecule is CCC(CC)C1=NC(=S)N=C1. The topological polar surface area (TPSA) is 24.7 Å². The van der Waals surface area contributed by atoms with Crippen LogP contribution in [0, 0.1) is 5.92 Å². The quantitative estimate of drug-likeness (QED) is 0.593. The fourth-order valence-corrected chi connectivity index (χ4v) is 1.35. The molecular formula is C8H12N2S. The van der Waals surface area contributed by atoms with Gasteiger partial charge in [-0.05, 0) is 25.1 Å². The number of aliphatic imine (C=N–C) groups is 2. The number of thiocarbonyl (C=S) groups is 1. The Kier molecular flexibility index (Phi) is 2.88. The summed E-state index contributed by atoms with van der Waals surface area (Å²) in [6.45, 7) is 4.32. The molecule has 0 fully saturated rings. The first kappa shape index (κ1) is 8.53. The van der Waals surface area contributed by atoms with Crippen molar-refractivity contribution < 1.29 is 0 Å². The van der Waals surface area contributed by atoms with Crippen molar-refractivity contribution in [3.05, 3.63) is 0 Å². The summed E-state index contributed by atoms with van der Waals surface area (Å²) in [4.78, 5) is 8.09. The van der Waals surface area contributed by atoms with E-state index in [1.165, 1.54) is 0 Å². The molecule has 1 aliphatic rings. The van der Waals surface area contributed by atoms with Crippen molar-refractivity contribution in [3.8, 4) is 0 Å². The van der Waals surface area contributed by atoms with Crippen molar-refractivity contribution in [1.82, 2.24) is 0 Å². The van der Waals surface area contributed by atoms with Gasteiger partial charge in [0, 0.05) is 5.92 Å². The number of rotatable bonds is 3. The molecule has 1 heterocycles. The van der Waals surface area contributed by atoms with E-state index in [1.807, 2.05) is 0 Å². The lowest BCUT2D eigenvalue weighted by Crippen LogP contribution is -2.12. The molecule has 0 saturated carbocycles. The Morgan fingerprint density at radius 3 is 2.45 bits per heavy atom. The van der Waals surface area contributed by atoms with Gasteiger partial charge in [-0.25, -0.2) is 9.98 Å². The van der Waals surface area contributed by atoms with Gasteiger partial charge in [-0.2, -0.15) is 0 Å². The van der Waals surface area contributed by atoms with Crippen LogP contribution in [0.15, 0.2) is 9.98 Å². The van der Waals surface area contributed by atoms with Gasteiger partial charge in [-0.1, -0.05) is 13.8 Å². The molecule has 0 spiro atoms. The predicted molar refractivity (Wildman–Crippen MR) is 52.6 cm³/mol. The van der Waals surface area contributed by atoms with Crippen LogP contribution in [0.1, 0.15) is 26.7 Å². The van der Waals surface area contributed by atoms with Crippen LogP contribution in [-0.2, 0) is 0 Å². The largest absolute Gasteiger partial charge is 0.225 e. The number of nitrogens with zero attached hydrogens (tertiary/aromatic N) is 2. The second-order valence-electron chi connectivity index (χ2n) is 2.59. The highest BCUT2D eigenvalue weighted by Crippen LogP contribution is 2.12. The van der Waals surface area contributed by atoms with E-state index in [9.17, 15) is 0 Å². The summed E-state index contributed by atoms with van der Waals surface area (Å²) in [6, 6.07) is 0. The highest BCUT2D eigenvalue weighted by Gasteiger charge is 2.13. The lowest BCUT2D eigenvalue weighted by molar-refractivity contribution is 0.650. The Morgan fingerprint density at radius 2 is 2.09 bits per heavy atom. The number of hydrogen-bond donors (Lipinski definition) is 0. The summed E-state index contributed by atoms with van der Waals surface area (Å²) in [5.74, 6) is 0.541. The first-order valence-corrected chi connectivity index (χ1v) is 4.35. The lowest BCUT2D eigenvalue weighted by Gasteiger charge is -2.07. The molecule has 1 aliphatic heterocycles. The highest BCUT2D eigenvalue weighted by atomic mass is 32.1. The molecule has 2 nitrogen and oxygen atoms in total. The summed E-state index contributed by atoms with van der Waals surface area (Å²) < 4.78 is 0. The Bertz CT molecular complexity index is 214. The minimum Gasteiger partial charge on any atom is -0.225 e. The summed E-state index contributed by atoms with van der Waals surface area (Å²) in [7, 11) is 0. The highest BCUT2D eigenvalue weighted by molar-refractivity contribution is 7.80. The van der Waals surface area contributed by atoms with Gasteiger partial charge in [0.2, 0.25) is 5.11 Å². The van der Waals surface area contributed by atoms with Crippen LogP contribution in [0.2, 0.25) is 0 Å². The van der Waals surface area contributed by atoms with Crippen LogP contribution < -0.4 is 0 Å². The Labute approximate surface area is 72.4 Å². The van der Waals surface area contributed by atoms with Gasteiger partial charge >= 0.3 is 0 Å². The molecule has 0 N–H and O–H groups in total. The zero-order valence-electron chi connectivity index (χ0n) is 6.87. The minimum atomic E-state index is 0.479. The maximum atomic E-state index is 4.83. The third-order valence-electron chi connectivity index (χ3n) is 1.94. The van der Waals surface area contributed by atoms with Gasteiger partial charge in [0.15, 0.2) is 0 Å². The molecular weight excluding hydrogens is 156 g/mol. The molecule has 0 amide bonds. The average Bonchev–Trinajstić information content (AvgIpc) is 2.39. The van der Waals surface area contributed by atoms with Crippen molar-refractivity contribution in [2.24, 2.45) is 15.9 Å². The molecule has 0 bridgehead atoms. The van der Waals surface area contributed by atoms with Gasteiger partial charge in [0.05, 0.1) is 11.9 Å². The second kappa shape index (κ2) is 3.72. The van der Waals surface area contributed by atoms with E-state index in [2.05, 4.69) is 23.8 Å². The molecule has 60 valence electrons. The van der Waals surface area contributed by atoms with Crippen LogP contribution in [0.25, 0.3) is 0 Å². The first-order chi connectivity index (χ1) is 5.27. The van der Waals surface area contributed by atoms with Crippen molar-refractivity contribution in [1.29, 1.82) is 0 Å². The van der Waals surface area contributed by atoms with E-state index in [4.69, 9.17) is 12.2 Å². The molecule has 0 unspecified atom stereocenters. The van der Waals surface area contributed by atoms with Gasteiger partial charge < -0.3 is 0 Å². The Balaban J connectivity index is 2.67. The zero-order valence-corrected chi connectivity index (χ0v) is 7.69. The van der Waals surface area contributed by atoms with Crippen LogP contribution in [-0.4, -0.2) is 17.0 Å². The molecule has 0 aromatic carbocycles. The molecule has 0 aromatic rings. The minimum absolute atomic E-state index is 0.479. The summed E-state index contributed by atoms with van der Waals surface area (Å²) in [6.07, 6.45) is 4.02. The molecule has 3 heteroatoms. The molecule has 0 radical (unpaired) electrons. The maximum Gasteiger partial charge on any atom is 0.219 e. The van der Waals surface area contributed by atoms with Gasteiger partial charge in [-0.15, -0.1) is 0 Å². The third-order valence-corrected chi connectivity index (χ3v) is 2.13. The summed E-state index contributed by atoms with van der Waals surface area (Å²) in [5.41, 5.74) is 1.06. The zero-order chi connectivity index (χ0) is 8.27. The standard InChI is InChI=1S/C8H12N2S/c1-3-6(4-2)7-5-9-8(11)10-7/h5-6H,3-4H2,1-2H3. The fraction of sp³-hybridized carbons (Fsp3) is 0.625. The smallest absolute Gasteiger partial charge is 0.219 e. The predicted octanol–water partition coefficient (Wildman–Crippen LogP) is 2.23. The van der Waals surface area contributed by atoms with Crippen molar-refractivity contribution in [2.75, 3.05) is 0 Å². The van der Waals surface area contributed by atoms with E-state index in [-0.39, 0.29) is 0 Å². The molecule has 0 aliphatic carbocycles. The Hall–Kier alpha value is -0.570. The van der Waals surface area contributed by atoms with E-state index in [1.54, 1.807) is 6.21 Å². The van der Waals surface area contributed by atoms with Crippen molar-refractivity contribution in [3.63, 3.8) is 0 Å². The monoisotopic (exact) mass is 168 g/mol. The van der Waals surface area contributed by atoms with Gasteiger partial charge in [0.1, 0.15) is 0 Å². The van der Waals surface area contributed by atoms with Gasteiger partial charge in [0.25, 0.3) is 0 Å². The second-order valence-corrected chi connectivity index (χ2v) is 2.96. The first-order valence-electron chi connectivity index (χ1n) is 3.94. The van der Waals surface area contributed by atoms with Crippen molar-refractivity contribution in [2.45, 2.75) is 26.7 Å². The lowest BCUT2D eigenvalue weighted by atomic mass is 9.98. The third kappa shape index (κ3) is 1.93.